The summed E-state index contributed by atoms with van der Waals surface area (Å²) in [4.78, 5) is 42.4. The lowest BCUT2D eigenvalue weighted by Gasteiger charge is -2.34. The molecule has 3 fully saturated rings. The number of carbonyl (C=O) groups is 3. The molecule has 0 radical (unpaired) electrons. The highest BCUT2D eigenvalue weighted by Gasteiger charge is 2.50. The van der Waals surface area contributed by atoms with Gasteiger partial charge in [-0.1, -0.05) is 12.1 Å². The van der Waals surface area contributed by atoms with Crippen molar-refractivity contribution >= 4 is 17.7 Å². The molecule has 1 aromatic rings. The quantitative estimate of drug-likeness (QED) is 0.762. The SMILES string of the molecule is CC(=O)N1CCC(C(=O)N2C[C@@H]3CN(C(C)=O)[C@@H](c4cccc(F)c4)[C@@H]3C2)CC1. The fourth-order valence-electron chi connectivity index (χ4n) is 5.37. The molecule has 3 heterocycles. The van der Waals surface area contributed by atoms with Crippen molar-refractivity contribution in [1.82, 2.24) is 14.7 Å². The molecule has 3 saturated heterocycles. The summed E-state index contributed by atoms with van der Waals surface area (Å²) in [5.41, 5.74) is 0.803. The van der Waals surface area contributed by atoms with Crippen LogP contribution in [-0.2, 0) is 14.4 Å². The van der Waals surface area contributed by atoms with Gasteiger partial charge in [0.2, 0.25) is 17.7 Å². The molecule has 29 heavy (non-hydrogen) atoms. The van der Waals surface area contributed by atoms with Crippen molar-refractivity contribution in [2.24, 2.45) is 17.8 Å². The molecule has 1 aromatic carbocycles. The predicted octanol–water partition coefficient (Wildman–Crippen LogP) is 2.06. The van der Waals surface area contributed by atoms with Gasteiger partial charge in [-0.2, -0.15) is 0 Å². The molecule has 4 rings (SSSR count). The maximum absolute atomic E-state index is 13.8. The van der Waals surface area contributed by atoms with E-state index in [1.54, 1.807) is 24.8 Å². The van der Waals surface area contributed by atoms with Crippen LogP contribution < -0.4 is 0 Å². The zero-order valence-corrected chi connectivity index (χ0v) is 17.0. The third-order valence-electron chi connectivity index (χ3n) is 6.86. The molecule has 0 bridgehead atoms. The van der Waals surface area contributed by atoms with Gasteiger partial charge in [-0.3, -0.25) is 14.4 Å². The minimum Gasteiger partial charge on any atom is -0.343 e. The Balaban J connectivity index is 1.47. The first-order valence-corrected chi connectivity index (χ1v) is 10.4. The lowest BCUT2D eigenvalue weighted by Crippen LogP contribution is -2.44. The Bertz CT molecular complexity index is 821. The summed E-state index contributed by atoms with van der Waals surface area (Å²) in [6.07, 6.45) is 1.41. The molecule has 7 heteroatoms. The number of likely N-dealkylation sites (tertiary alicyclic amines) is 3. The van der Waals surface area contributed by atoms with Crippen LogP contribution in [0.25, 0.3) is 0 Å². The van der Waals surface area contributed by atoms with Gasteiger partial charge in [0, 0.05) is 64.3 Å². The lowest BCUT2D eigenvalue weighted by molar-refractivity contribution is -0.139. The Morgan fingerprint density at radius 1 is 0.966 bits per heavy atom. The molecule has 3 atom stereocenters. The Morgan fingerprint density at radius 2 is 1.69 bits per heavy atom. The number of nitrogens with zero attached hydrogens (tertiary/aromatic N) is 3. The van der Waals surface area contributed by atoms with Crippen LogP contribution >= 0.6 is 0 Å². The number of halogens is 1. The zero-order chi connectivity index (χ0) is 20.7. The van der Waals surface area contributed by atoms with Gasteiger partial charge >= 0.3 is 0 Å². The van der Waals surface area contributed by atoms with E-state index in [0.717, 1.165) is 5.56 Å². The van der Waals surface area contributed by atoms with Crippen LogP contribution in [0.5, 0.6) is 0 Å². The van der Waals surface area contributed by atoms with Crippen LogP contribution in [-0.4, -0.2) is 65.1 Å². The van der Waals surface area contributed by atoms with E-state index < -0.39 is 0 Å². The third kappa shape index (κ3) is 3.74. The number of benzene rings is 1. The molecule has 3 amide bonds. The Kier molecular flexibility index (Phi) is 5.32. The fraction of sp³-hybridized carbons (Fsp3) is 0.591. The van der Waals surface area contributed by atoms with E-state index >= 15 is 0 Å². The molecule has 0 spiro atoms. The second-order valence-electron chi connectivity index (χ2n) is 8.62. The molecule has 156 valence electrons. The number of hydrogen-bond acceptors (Lipinski definition) is 3. The largest absolute Gasteiger partial charge is 0.343 e. The first-order valence-electron chi connectivity index (χ1n) is 10.4. The van der Waals surface area contributed by atoms with E-state index in [1.165, 1.54) is 12.1 Å². The highest BCUT2D eigenvalue weighted by Crippen LogP contribution is 2.45. The van der Waals surface area contributed by atoms with Gasteiger partial charge in [-0.05, 0) is 30.5 Å². The third-order valence-corrected chi connectivity index (χ3v) is 6.86. The van der Waals surface area contributed by atoms with Gasteiger partial charge in [0.25, 0.3) is 0 Å². The molecule has 0 saturated carbocycles. The fourth-order valence-corrected chi connectivity index (χ4v) is 5.37. The summed E-state index contributed by atoms with van der Waals surface area (Å²) in [7, 11) is 0. The Labute approximate surface area is 170 Å². The Morgan fingerprint density at radius 3 is 2.31 bits per heavy atom. The molecule has 3 aliphatic rings. The van der Waals surface area contributed by atoms with Gasteiger partial charge in [0.1, 0.15) is 5.82 Å². The van der Waals surface area contributed by atoms with Crippen LogP contribution in [0.4, 0.5) is 4.39 Å². The normalized spacial score (nSPS) is 27.3. The molecule has 3 aliphatic heterocycles. The zero-order valence-electron chi connectivity index (χ0n) is 17.0. The summed E-state index contributed by atoms with van der Waals surface area (Å²) in [6.45, 7) is 6.24. The Hall–Kier alpha value is -2.44. The minimum atomic E-state index is -0.308. The average molecular weight is 401 g/mol. The monoisotopic (exact) mass is 401 g/mol. The van der Waals surface area contributed by atoms with E-state index in [9.17, 15) is 18.8 Å². The van der Waals surface area contributed by atoms with Crippen molar-refractivity contribution < 1.29 is 18.8 Å². The highest BCUT2D eigenvalue weighted by molar-refractivity contribution is 5.80. The van der Waals surface area contributed by atoms with Gasteiger partial charge in [0.05, 0.1) is 6.04 Å². The minimum absolute atomic E-state index is 0.0110. The smallest absolute Gasteiger partial charge is 0.225 e. The van der Waals surface area contributed by atoms with Crippen molar-refractivity contribution in [3.05, 3.63) is 35.6 Å². The number of amides is 3. The van der Waals surface area contributed by atoms with Crippen LogP contribution in [0, 0.1) is 23.6 Å². The van der Waals surface area contributed by atoms with Gasteiger partial charge in [-0.25, -0.2) is 4.39 Å². The standard InChI is InChI=1S/C22H28FN3O3/c1-14(27)24-8-6-16(7-9-24)22(29)25-11-18-12-26(15(2)28)21(20(18)13-25)17-4-3-5-19(23)10-17/h3-5,10,16,18,20-21H,6-9,11-13H2,1-2H3/t18-,20-,21+/m1/s1. The summed E-state index contributed by atoms with van der Waals surface area (Å²) < 4.78 is 13.8. The first-order chi connectivity index (χ1) is 13.8. The van der Waals surface area contributed by atoms with Crippen LogP contribution in [0.1, 0.15) is 38.3 Å². The number of carbonyl (C=O) groups excluding carboxylic acids is 3. The second kappa shape index (κ2) is 7.76. The molecule has 0 aliphatic carbocycles. The van der Waals surface area contributed by atoms with E-state index in [2.05, 4.69) is 0 Å². The second-order valence-corrected chi connectivity index (χ2v) is 8.62. The summed E-state index contributed by atoms with van der Waals surface area (Å²) in [6, 6.07) is 6.27. The van der Waals surface area contributed by atoms with E-state index in [1.807, 2.05) is 15.9 Å². The molecule has 6 nitrogen and oxygen atoms in total. The summed E-state index contributed by atoms with van der Waals surface area (Å²) in [5.74, 6) is 0.209. The number of piperidine rings is 1. The maximum atomic E-state index is 13.8. The summed E-state index contributed by atoms with van der Waals surface area (Å²) >= 11 is 0. The molecular formula is C22H28FN3O3. The van der Waals surface area contributed by atoms with E-state index in [0.29, 0.717) is 45.6 Å². The molecular weight excluding hydrogens is 373 g/mol. The van der Waals surface area contributed by atoms with Crippen LogP contribution in [0.3, 0.4) is 0 Å². The van der Waals surface area contributed by atoms with Crippen molar-refractivity contribution in [3.63, 3.8) is 0 Å². The van der Waals surface area contributed by atoms with Gasteiger partial charge in [-0.15, -0.1) is 0 Å². The summed E-state index contributed by atoms with van der Waals surface area (Å²) in [5, 5.41) is 0. The van der Waals surface area contributed by atoms with Crippen molar-refractivity contribution in [2.75, 3.05) is 32.7 Å². The van der Waals surface area contributed by atoms with Crippen molar-refractivity contribution in [2.45, 2.75) is 32.7 Å². The van der Waals surface area contributed by atoms with E-state index in [-0.39, 0.29) is 47.3 Å². The molecule has 0 N–H and O–H groups in total. The lowest BCUT2D eigenvalue weighted by atomic mass is 9.89. The highest BCUT2D eigenvalue weighted by atomic mass is 19.1. The number of rotatable bonds is 2. The molecule has 0 unspecified atom stereocenters. The van der Waals surface area contributed by atoms with Gasteiger partial charge < -0.3 is 14.7 Å². The van der Waals surface area contributed by atoms with Crippen molar-refractivity contribution in [1.29, 1.82) is 0 Å². The van der Waals surface area contributed by atoms with Gasteiger partial charge in [0.15, 0.2) is 0 Å². The number of hydrogen-bond donors (Lipinski definition) is 0. The first kappa shape index (κ1) is 19.9. The van der Waals surface area contributed by atoms with E-state index in [4.69, 9.17) is 0 Å². The topological polar surface area (TPSA) is 60.9 Å². The predicted molar refractivity (Wildman–Crippen MR) is 105 cm³/mol. The van der Waals surface area contributed by atoms with Crippen LogP contribution in [0.15, 0.2) is 24.3 Å². The van der Waals surface area contributed by atoms with Crippen molar-refractivity contribution in [3.8, 4) is 0 Å². The molecule has 0 aromatic heterocycles. The average Bonchev–Trinajstić information content (AvgIpc) is 3.25. The van der Waals surface area contributed by atoms with Crippen LogP contribution in [0.2, 0.25) is 0 Å². The maximum Gasteiger partial charge on any atom is 0.225 e. The number of fused-ring (bicyclic) bond motifs is 1.